The second kappa shape index (κ2) is 10.8. The summed E-state index contributed by atoms with van der Waals surface area (Å²) in [7, 11) is 0. The number of benzene rings is 4. The van der Waals surface area contributed by atoms with Crippen LogP contribution in [0.15, 0.2) is 97.1 Å². The zero-order chi connectivity index (χ0) is 24.6. The Kier molecular flexibility index (Phi) is 7.13. The van der Waals surface area contributed by atoms with Gasteiger partial charge >= 0.3 is 12.1 Å². The van der Waals surface area contributed by atoms with E-state index in [2.05, 4.69) is 21.3 Å². The van der Waals surface area contributed by atoms with E-state index in [0.717, 1.165) is 11.1 Å². The van der Waals surface area contributed by atoms with Gasteiger partial charge in [-0.05, 0) is 66.1 Å². The summed E-state index contributed by atoms with van der Waals surface area (Å²) in [6.07, 6.45) is 0.675. The summed E-state index contributed by atoms with van der Waals surface area (Å²) in [5, 5.41) is 30.2. The molecule has 4 aromatic carbocycles. The SMILES string of the molecule is O=C(Nc1ccc(Cc2ccc(NC(=O)Nc3ccccc3O)cc2)cc1)Nc1ccccc1O. The van der Waals surface area contributed by atoms with Crippen molar-refractivity contribution in [2.24, 2.45) is 0 Å². The molecule has 0 spiro atoms. The lowest BCUT2D eigenvalue weighted by Crippen LogP contribution is -2.19. The molecular formula is C27H24N4O4. The minimum absolute atomic E-state index is 0.00432. The Hall–Kier alpha value is -4.98. The molecule has 0 aliphatic carbocycles. The molecule has 6 N–H and O–H groups in total. The maximum absolute atomic E-state index is 12.2. The summed E-state index contributed by atoms with van der Waals surface area (Å²) in [4.78, 5) is 24.3. The van der Waals surface area contributed by atoms with E-state index in [-0.39, 0.29) is 11.5 Å². The molecule has 8 nitrogen and oxygen atoms in total. The van der Waals surface area contributed by atoms with Crippen molar-refractivity contribution >= 4 is 34.8 Å². The van der Waals surface area contributed by atoms with Gasteiger partial charge in [0.1, 0.15) is 11.5 Å². The zero-order valence-electron chi connectivity index (χ0n) is 18.7. The predicted molar refractivity (Wildman–Crippen MR) is 137 cm³/mol. The van der Waals surface area contributed by atoms with E-state index >= 15 is 0 Å². The molecule has 8 heteroatoms. The highest BCUT2D eigenvalue weighted by Gasteiger charge is 2.08. The van der Waals surface area contributed by atoms with Crippen LogP contribution in [-0.4, -0.2) is 22.3 Å². The Morgan fingerprint density at radius 1 is 0.514 bits per heavy atom. The molecule has 0 unspecified atom stereocenters. The van der Waals surface area contributed by atoms with Gasteiger partial charge in [-0.1, -0.05) is 48.5 Å². The lowest BCUT2D eigenvalue weighted by atomic mass is 10.0. The van der Waals surface area contributed by atoms with Crippen LogP contribution in [0.5, 0.6) is 11.5 Å². The van der Waals surface area contributed by atoms with E-state index in [1.165, 1.54) is 12.1 Å². The number of amides is 4. The lowest BCUT2D eigenvalue weighted by molar-refractivity contribution is 0.261. The van der Waals surface area contributed by atoms with Gasteiger partial charge in [0.15, 0.2) is 0 Å². The lowest BCUT2D eigenvalue weighted by Gasteiger charge is -2.10. The van der Waals surface area contributed by atoms with E-state index < -0.39 is 12.1 Å². The molecule has 35 heavy (non-hydrogen) atoms. The number of phenolic OH excluding ortho intramolecular Hbond substituents is 2. The van der Waals surface area contributed by atoms with Crippen molar-refractivity contribution < 1.29 is 19.8 Å². The number of phenols is 2. The normalized spacial score (nSPS) is 10.3. The monoisotopic (exact) mass is 468 g/mol. The molecule has 0 heterocycles. The van der Waals surface area contributed by atoms with Crippen molar-refractivity contribution in [2.45, 2.75) is 6.42 Å². The fourth-order valence-corrected chi connectivity index (χ4v) is 3.38. The summed E-state index contributed by atoms with van der Waals surface area (Å²) >= 11 is 0. The van der Waals surface area contributed by atoms with Crippen LogP contribution >= 0.6 is 0 Å². The minimum Gasteiger partial charge on any atom is -0.506 e. The van der Waals surface area contributed by atoms with Crippen molar-refractivity contribution in [3.63, 3.8) is 0 Å². The summed E-state index contributed by atoms with van der Waals surface area (Å²) in [6.45, 7) is 0. The molecule has 176 valence electrons. The summed E-state index contributed by atoms with van der Waals surface area (Å²) < 4.78 is 0. The third-order valence-electron chi connectivity index (χ3n) is 5.14. The van der Waals surface area contributed by atoms with Gasteiger partial charge in [-0.3, -0.25) is 0 Å². The van der Waals surface area contributed by atoms with E-state index in [0.29, 0.717) is 29.2 Å². The average molecular weight is 469 g/mol. The van der Waals surface area contributed by atoms with Gasteiger partial charge in [-0.15, -0.1) is 0 Å². The topological polar surface area (TPSA) is 123 Å². The van der Waals surface area contributed by atoms with Gasteiger partial charge in [0.25, 0.3) is 0 Å². The number of urea groups is 2. The van der Waals surface area contributed by atoms with Crippen LogP contribution in [0.2, 0.25) is 0 Å². The molecule has 0 aliphatic heterocycles. The highest BCUT2D eigenvalue weighted by Crippen LogP contribution is 2.23. The van der Waals surface area contributed by atoms with E-state index in [1.807, 2.05) is 24.3 Å². The van der Waals surface area contributed by atoms with Crippen molar-refractivity contribution in [3.05, 3.63) is 108 Å². The molecule has 0 fully saturated rings. The number of anilines is 4. The van der Waals surface area contributed by atoms with Gasteiger partial charge in [-0.2, -0.15) is 0 Å². The van der Waals surface area contributed by atoms with Crippen LogP contribution in [0.3, 0.4) is 0 Å². The van der Waals surface area contributed by atoms with Crippen LogP contribution < -0.4 is 21.3 Å². The molecular weight excluding hydrogens is 444 g/mol. The number of carbonyl (C=O) groups excluding carboxylic acids is 2. The maximum Gasteiger partial charge on any atom is 0.323 e. The standard InChI is InChI=1S/C27H24N4O4/c32-24-7-3-1-5-22(24)30-26(34)28-20-13-9-18(10-14-20)17-19-11-15-21(16-12-19)29-27(35)31-23-6-2-4-8-25(23)33/h1-16,32-33H,17H2,(H2,28,30,34)(H2,29,31,35). The number of rotatable bonds is 6. The number of carbonyl (C=O) groups is 2. The van der Waals surface area contributed by atoms with Crippen molar-refractivity contribution in [1.82, 2.24) is 0 Å². The van der Waals surface area contributed by atoms with Crippen LogP contribution in [0.4, 0.5) is 32.3 Å². The van der Waals surface area contributed by atoms with E-state index in [1.54, 1.807) is 60.7 Å². The fourth-order valence-electron chi connectivity index (χ4n) is 3.38. The number of nitrogens with one attached hydrogen (secondary N) is 4. The number of hydrogen-bond acceptors (Lipinski definition) is 4. The molecule has 0 saturated carbocycles. The first-order chi connectivity index (χ1) is 17.0. The largest absolute Gasteiger partial charge is 0.506 e. The highest BCUT2D eigenvalue weighted by atomic mass is 16.3. The van der Waals surface area contributed by atoms with Gasteiger partial charge < -0.3 is 31.5 Å². The number of aromatic hydroxyl groups is 2. The molecule has 0 radical (unpaired) electrons. The molecule has 4 amide bonds. The van der Waals surface area contributed by atoms with Crippen LogP contribution in [-0.2, 0) is 6.42 Å². The van der Waals surface area contributed by atoms with Crippen LogP contribution in [0.25, 0.3) is 0 Å². The van der Waals surface area contributed by atoms with Gasteiger partial charge in [0, 0.05) is 11.4 Å². The first-order valence-corrected chi connectivity index (χ1v) is 10.9. The van der Waals surface area contributed by atoms with Crippen molar-refractivity contribution in [3.8, 4) is 11.5 Å². The molecule has 0 bridgehead atoms. The van der Waals surface area contributed by atoms with Crippen LogP contribution in [0, 0.1) is 0 Å². The van der Waals surface area contributed by atoms with E-state index in [9.17, 15) is 19.8 Å². The average Bonchev–Trinajstić information content (AvgIpc) is 2.84. The summed E-state index contributed by atoms with van der Waals surface area (Å²) in [5.41, 5.74) is 4.00. The third kappa shape index (κ3) is 6.52. The molecule has 4 aromatic rings. The molecule has 0 aromatic heterocycles. The predicted octanol–water partition coefficient (Wildman–Crippen LogP) is 5.98. The first-order valence-electron chi connectivity index (χ1n) is 10.9. The quantitative estimate of drug-likeness (QED) is 0.195. The summed E-state index contributed by atoms with van der Waals surface area (Å²) in [6, 6.07) is 27.0. The maximum atomic E-state index is 12.2. The Morgan fingerprint density at radius 3 is 1.26 bits per heavy atom. The van der Waals surface area contributed by atoms with Gasteiger partial charge in [0.2, 0.25) is 0 Å². The highest BCUT2D eigenvalue weighted by molar-refractivity contribution is 6.01. The van der Waals surface area contributed by atoms with Gasteiger partial charge in [0.05, 0.1) is 11.4 Å². The Balaban J connectivity index is 1.28. The molecule has 0 saturated heterocycles. The van der Waals surface area contributed by atoms with E-state index in [4.69, 9.17) is 0 Å². The molecule has 4 rings (SSSR count). The molecule has 0 aliphatic rings. The Labute approximate surface area is 202 Å². The number of hydrogen-bond donors (Lipinski definition) is 6. The summed E-state index contributed by atoms with van der Waals surface area (Å²) in [5.74, 6) is -0.00863. The first kappa shape index (κ1) is 23.2. The van der Waals surface area contributed by atoms with Crippen molar-refractivity contribution in [2.75, 3.05) is 21.3 Å². The number of para-hydroxylation sites is 4. The fraction of sp³-hybridized carbons (Fsp3) is 0.0370. The Morgan fingerprint density at radius 2 is 0.886 bits per heavy atom. The Bertz CT molecular complexity index is 1220. The molecule has 0 atom stereocenters. The van der Waals surface area contributed by atoms with Gasteiger partial charge in [-0.25, -0.2) is 9.59 Å². The smallest absolute Gasteiger partial charge is 0.323 e. The second-order valence-electron chi connectivity index (χ2n) is 7.76. The second-order valence-corrected chi connectivity index (χ2v) is 7.76. The zero-order valence-corrected chi connectivity index (χ0v) is 18.7. The third-order valence-corrected chi connectivity index (χ3v) is 5.14. The van der Waals surface area contributed by atoms with Crippen molar-refractivity contribution in [1.29, 1.82) is 0 Å². The minimum atomic E-state index is -0.450. The van der Waals surface area contributed by atoms with Crippen LogP contribution in [0.1, 0.15) is 11.1 Å².